The molecule has 9 aromatic carbocycles. The molecule has 9 aromatic rings. The maximum Gasteiger partial charge on any atom is 0.132 e. The van der Waals surface area contributed by atoms with E-state index in [4.69, 9.17) is 4.74 Å². The van der Waals surface area contributed by atoms with Crippen molar-refractivity contribution in [1.29, 1.82) is 0 Å². The highest BCUT2D eigenvalue weighted by Crippen LogP contribution is 2.62. The van der Waals surface area contributed by atoms with Gasteiger partial charge in [0.05, 0.1) is 16.8 Å². The van der Waals surface area contributed by atoms with Gasteiger partial charge in [-0.05, 0) is 86.4 Å². The monoisotopic (exact) mass is 675 g/mol. The fourth-order valence-electron chi connectivity index (χ4n) is 9.14. The van der Waals surface area contributed by atoms with Crippen molar-refractivity contribution < 1.29 is 4.74 Å². The van der Waals surface area contributed by atoms with E-state index in [1.165, 1.54) is 54.9 Å². The van der Waals surface area contributed by atoms with Gasteiger partial charge in [0.1, 0.15) is 11.5 Å². The maximum atomic E-state index is 6.66. The molecule has 1 spiro atoms. The van der Waals surface area contributed by atoms with Crippen molar-refractivity contribution in [2.24, 2.45) is 0 Å². The van der Waals surface area contributed by atoms with Crippen LogP contribution in [0.15, 0.2) is 200 Å². The van der Waals surface area contributed by atoms with Crippen LogP contribution in [-0.4, -0.2) is 0 Å². The summed E-state index contributed by atoms with van der Waals surface area (Å²) in [6, 6.07) is 72.8. The fraction of sp³-hybridized carbons (Fsp3) is 0.0196. The van der Waals surface area contributed by atoms with E-state index in [1.807, 2.05) is 0 Å². The second kappa shape index (κ2) is 11.6. The van der Waals surface area contributed by atoms with Gasteiger partial charge in [-0.25, -0.2) is 0 Å². The summed E-state index contributed by atoms with van der Waals surface area (Å²) in [5.41, 5.74) is 12.5. The zero-order chi connectivity index (χ0) is 34.9. The SMILES string of the molecule is c1ccc(-c2cc3ccccc3cc2N(c2ccccc2)c2ccc3c4c(cccc24)C2(c4ccccc4Oc4ccccc42)c2ccccc2-3)cc1. The maximum absolute atomic E-state index is 6.66. The van der Waals surface area contributed by atoms with Gasteiger partial charge in [-0.1, -0.05) is 158 Å². The van der Waals surface area contributed by atoms with Crippen molar-refractivity contribution in [3.05, 3.63) is 222 Å². The summed E-state index contributed by atoms with van der Waals surface area (Å²) in [4.78, 5) is 2.47. The van der Waals surface area contributed by atoms with Crippen molar-refractivity contribution in [3.63, 3.8) is 0 Å². The molecule has 0 unspecified atom stereocenters. The van der Waals surface area contributed by atoms with Crippen LogP contribution in [0, 0.1) is 0 Å². The normalized spacial score (nSPS) is 13.2. The molecule has 1 aliphatic heterocycles. The Bertz CT molecular complexity index is 2830. The van der Waals surface area contributed by atoms with Crippen LogP contribution in [0.4, 0.5) is 17.1 Å². The van der Waals surface area contributed by atoms with Crippen LogP contribution in [0.2, 0.25) is 0 Å². The van der Waals surface area contributed by atoms with Gasteiger partial charge in [-0.3, -0.25) is 0 Å². The molecule has 53 heavy (non-hydrogen) atoms. The van der Waals surface area contributed by atoms with E-state index in [0.29, 0.717) is 0 Å². The molecule has 0 fully saturated rings. The number of nitrogens with zero attached hydrogens (tertiary/aromatic N) is 1. The highest BCUT2D eigenvalue weighted by atomic mass is 16.5. The number of ether oxygens (including phenoxy) is 1. The van der Waals surface area contributed by atoms with E-state index in [0.717, 1.165) is 39.7 Å². The van der Waals surface area contributed by atoms with E-state index >= 15 is 0 Å². The van der Waals surface area contributed by atoms with Crippen LogP contribution >= 0.6 is 0 Å². The van der Waals surface area contributed by atoms with E-state index in [2.05, 4.69) is 205 Å². The van der Waals surface area contributed by atoms with Gasteiger partial charge in [-0.15, -0.1) is 0 Å². The zero-order valence-electron chi connectivity index (χ0n) is 28.9. The molecular weight excluding hydrogens is 643 g/mol. The lowest BCUT2D eigenvalue weighted by Crippen LogP contribution is -2.36. The predicted molar refractivity (Wildman–Crippen MR) is 219 cm³/mol. The topological polar surface area (TPSA) is 12.5 Å². The van der Waals surface area contributed by atoms with Crippen LogP contribution < -0.4 is 9.64 Å². The minimum Gasteiger partial charge on any atom is -0.457 e. The first-order valence-corrected chi connectivity index (χ1v) is 18.3. The summed E-state index contributed by atoms with van der Waals surface area (Å²) in [5.74, 6) is 1.79. The fourth-order valence-corrected chi connectivity index (χ4v) is 9.14. The second-order valence-corrected chi connectivity index (χ2v) is 14.0. The van der Waals surface area contributed by atoms with Crippen molar-refractivity contribution in [1.82, 2.24) is 0 Å². The highest BCUT2D eigenvalue weighted by Gasteiger charge is 2.49. The molecule has 0 N–H and O–H groups in total. The summed E-state index contributed by atoms with van der Waals surface area (Å²) in [6.07, 6.45) is 0. The van der Waals surface area contributed by atoms with Crippen molar-refractivity contribution >= 4 is 38.6 Å². The number of hydrogen-bond donors (Lipinski definition) is 0. The summed E-state index contributed by atoms with van der Waals surface area (Å²) in [7, 11) is 0. The zero-order valence-corrected chi connectivity index (χ0v) is 28.9. The standard InChI is InChI=1S/C51H33NO/c1-3-16-34(17-4-1)41-32-35-18-7-8-19-36(35)33-47(41)52(37-20-5-2-6-21-37)46-31-30-39-38-22-9-10-24-42(38)51(45-27-15-23-40(46)50(39)45)43-25-11-13-28-48(43)53-49-29-14-12-26-44(49)51/h1-33H. The largest absolute Gasteiger partial charge is 0.457 e. The smallest absolute Gasteiger partial charge is 0.132 e. The van der Waals surface area contributed by atoms with Crippen molar-refractivity contribution in [3.8, 4) is 33.8 Å². The number of fused-ring (bicyclic) bond motifs is 9. The lowest BCUT2D eigenvalue weighted by molar-refractivity contribution is 0.435. The Hall–Kier alpha value is -6.90. The minimum absolute atomic E-state index is 0.580. The third-order valence-corrected chi connectivity index (χ3v) is 11.3. The van der Waals surface area contributed by atoms with Gasteiger partial charge in [0.25, 0.3) is 0 Å². The first kappa shape index (κ1) is 29.8. The van der Waals surface area contributed by atoms with Crippen LogP contribution in [0.1, 0.15) is 22.3 Å². The van der Waals surface area contributed by atoms with Gasteiger partial charge in [0, 0.05) is 27.8 Å². The number of benzene rings is 9. The molecule has 0 saturated heterocycles. The predicted octanol–water partition coefficient (Wildman–Crippen LogP) is 13.6. The molecule has 2 heteroatoms. The molecule has 1 aliphatic carbocycles. The molecule has 2 aliphatic rings. The average molecular weight is 676 g/mol. The third kappa shape index (κ3) is 4.27. The molecule has 2 nitrogen and oxygen atoms in total. The number of rotatable bonds is 4. The average Bonchev–Trinajstić information content (AvgIpc) is 3.23. The summed E-state index contributed by atoms with van der Waals surface area (Å²) in [5, 5.41) is 4.88. The molecule has 1 heterocycles. The van der Waals surface area contributed by atoms with Crippen LogP contribution in [-0.2, 0) is 5.41 Å². The van der Waals surface area contributed by atoms with E-state index in [-0.39, 0.29) is 0 Å². The Morgan fingerprint density at radius 3 is 1.70 bits per heavy atom. The molecule has 248 valence electrons. The molecule has 0 bridgehead atoms. The first-order chi connectivity index (χ1) is 26.3. The summed E-state index contributed by atoms with van der Waals surface area (Å²) < 4.78 is 6.66. The highest BCUT2D eigenvalue weighted by molar-refractivity contribution is 6.12. The number of anilines is 3. The summed E-state index contributed by atoms with van der Waals surface area (Å²) >= 11 is 0. The molecule has 0 radical (unpaired) electrons. The lowest BCUT2D eigenvalue weighted by Gasteiger charge is -2.45. The van der Waals surface area contributed by atoms with E-state index in [1.54, 1.807) is 0 Å². The molecule has 0 saturated carbocycles. The van der Waals surface area contributed by atoms with E-state index in [9.17, 15) is 0 Å². The molecular formula is C51H33NO. The number of hydrogen-bond acceptors (Lipinski definition) is 2. The van der Waals surface area contributed by atoms with Gasteiger partial charge >= 0.3 is 0 Å². The minimum atomic E-state index is -0.580. The lowest BCUT2D eigenvalue weighted by atomic mass is 9.58. The quantitative estimate of drug-likeness (QED) is 0.184. The molecule has 0 aromatic heterocycles. The van der Waals surface area contributed by atoms with Crippen LogP contribution in [0.25, 0.3) is 43.8 Å². The van der Waals surface area contributed by atoms with Crippen LogP contribution in [0.3, 0.4) is 0 Å². The van der Waals surface area contributed by atoms with Gasteiger partial charge < -0.3 is 9.64 Å². The van der Waals surface area contributed by atoms with Crippen molar-refractivity contribution in [2.45, 2.75) is 5.41 Å². The second-order valence-electron chi connectivity index (χ2n) is 14.0. The summed E-state index contributed by atoms with van der Waals surface area (Å²) in [6.45, 7) is 0. The van der Waals surface area contributed by atoms with Gasteiger partial charge in [-0.2, -0.15) is 0 Å². The van der Waals surface area contributed by atoms with Crippen LogP contribution in [0.5, 0.6) is 11.5 Å². The number of para-hydroxylation sites is 3. The molecule has 0 atom stereocenters. The first-order valence-electron chi connectivity index (χ1n) is 18.3. The Morgan fingerprint density at radius 2 is 0.962 bits per heavy atom. The Balaban J connectivity index is 1.27. The molecule has 11 rings (SSSR count). The Kier molecular flexibility index (Phi) is 6.50. The van der Waals surface area contributed by atoms with Gasteiger partial charge in [0.2, 0.25) is 0 Å². The van der Waals surface area contributed by atoms with Crippen molar-refractivity contribution in [2.75, 3.05) is 4.90 Å². The Labute approximate surface area is 308 Å². The van der Waals surface area contributed by atoms with E-state index < -0.39 is 5.41 Å². The Morgan fingerprint density at radius 1 is 0.377 bits per heavy atom. The molecule has 0 amide bonds. The third-order valence-electron chi connectivity index (χ3n) is 11.3. The van der Waals surface area contributed by atoms with Gasteiger partial charge in [0.15, 0.2) is 0 Å².